The fourth-order valence-electron chi connectivity index (χ4n) is 3.43. The summed E-state index contributed by atoms with van der Waals surface area (Å²) in [4.78, 5) is 14.4. The van der Waals surface area contributed by atoms with Gasteiger partial charge < -0.3 is 9.64 Å². The smallest absolute Gasteiger partial charge is 0.229 e. The molecule has 2 bridgehead atoms. The molecule has 3 aliphatic rings. The van der Waals surface area contributed by atoms with Crippen LogP contribution in [0.5, 0.6) is 0 Å². The molecule has 0 N–H and O–H groups in total. The highest BCUT2D eigenvalue weighted by Crippen LogP contribution is 2.44. The molecular formula is C15H15NO2. The van der Waals surface area contributed by atoms with Crippen molar-refractivity contribution in [1.82, 2.24) is 4.90 Å². The fraction of sp³-hybridized carbons (Fsp3) is 0.400. The Kier molecular flexibility index (Phi) is 2.12. The SMILES string of the molecule is O=C1[C@@H]2[C@H](CN1Cc1ccccc1)[C@H]1C=C[C@@H]2O1. The van der Waals surface area contributed by atoms with Gasteiger partial charge in [-0.15, -0.1) is 0 Å². The molecule has 1 amide bonds. The summed E-state index contributed by atoms with van der Waals surface area (Å²) in [5.74, 6) is 0.709. The molecule has 2 fully saturated rings. The Hall–Kier alpha value is -1.61. The lowest BCUT2D eigenvalue weighted by Gasteiger charge is -2.19. The third-order valence-electron chi connectivity index (χ3n) is 4.29. The lowest BCUT2D eigenvalue weighted by atomic mass is 9.86. The summed E-state index contributed by atoms with van der Waals surface area (Å²) in [6.07, 6.45) is 4.37. The zero-order valence-corrected chi connectivity index (χ0v) is 10.0. The second kappa shape index (κ2) is 3.69. The van der Waals surface area contributed by atoms with Crippen LogP contribution in [0.25, 0.3) is 0 Å². The molecule has 4 rings (SSSR count). The largest absolute Gasteiger partial charge is 0.366 e. The molecule has 0 radical (unpaired) electrons. The van der Waals surface area contributed by atoms with Gasteiger partial charge in [-0.25, -0.2) is 0 Å². The predicted molar refractivity (Wildman–Crippen MR) is 66.6 cm³/mol. The van der Waals surface area contributed by atoms with Gasteiger partial charge in [0, 0.05) is 19.0 Å². The van der Waals surface area contributed by atoms with Crippen LogP contribution in [0.1, 0.15) is 5.56 Å². The van der Waals surface area contributed by atoms with Gasteiger partial charge in [-0.05, 0) is 5.56 Å². The zero-order chi connectivity index (χ0) is 12.1. The monoisotopic (exact) mass is 241 g/mol. The van der Waals surface area contributed by atoms with E-state index in [0.717, 1.165) is 13.1 Å². The molecule has 0 aromatic heterocycles. The van der Waals surface area contributed by atoms with Gasteiger partial charge in [0.25, 0.3) is 0 Å². The first kappa shape index (κ1) is 10.3. The number of carbonyl (C=O) groups excluding carboxylic acids is 1. The van der Waals surface area contributed by atoms with Crippen LogP contribution >= 0.6 is 0 Å². The predicted octanol–water partition coefficient (Wildman–Crippen LogP) is 1.60. The van der Waals surface area contributed by atoms with Gasteiger partial charge in [-0.3, -0.25) is 4.79 Å². The Morgan fingerprint density at radius 2 is 1.94 bits per heavy atom. The summed E-state index contributed by atoms with van der Waals surface area (Å²) in [5.41, 5.74) is 1.20. The Bertz CT molecular complexity index is 510. The topological polar surface area (TPSA) is 29.5 Å². The van der Waals surface area contributed by atoms with E-state index in [1.54, 1.807) is 0 Å². The molecule has 3 aliphatic heterocycles. The Labute approximate surface area is 106 Å². The van der Waals surface area contributed by atoms with Crippen LogP contribution in [0.3, 0.4) is 0 Å². The highest BCUT2D eigenvalue weighted by atomic mass is 16.5. The summed E-state index contributed by atoms with van der Waals surface area (Å²) in [6, 6.07) is 10.2. The number of rotatable bonds is 2. The van der Waals surface area contributed by atoms with Crippen LogP contribution in [0.4, 0.5) is 0 Å². The van der Waals surface area contributed by atoms with Crippen molar-refractivity contribution in [2.75, 3.05) is 6.54 Å². The minimum Gasteiger partial charge on any atom is -0.366 e. The molecule has 92 valence electrons. The van der Waals surface area contributed by atoms with Crippen LogP contribution in [0, 0.1) is 11.8 Å². The van der Waals surface area contributed by atoms with Crippen LogP contribution in [-0.2, 0) is 16.1 Å². The first-order valence-corrected chi connectivity index (χ1v) is 6.49. The molecule has 3 heteroatoms. The van der Waals surface area contributed by atoms with Gasteiger partial charge in [-0.1, -0.05) is 42.5 Å². The molecule has 4 atom stereocenters. The van der Waals surface area contributed by atoms with Gasteiger partial charge in [0.05, 0.1) is 18.1 Å². The molecule has 1 aromatic carbocycles. The zero-order valence-electron chi connectivity index (χ0n) is 10.0. The molecule has 2 saturated heterocycles. The van der Waals surface area contributed by atoms with Crippen molar-refractivity contribution in [3.05, 3.63) is 48.0 Å². The highest BCUT2D eigenvalue weighted by molar-refractivity contribution is 5.83. The van der Waals surface area contributed by atoms with Crippen molar-refractivity contribution in [1.29, 1.82) is 0 Å². The molecule has 3 nitrogen and oxygen atoms in total. The van der Waals surface area contributed by atoms with Crippen molar-refractivity contribution in [3.8, 4) is 0 Å². The quantitative estimate of drug-likeness (QED) is 0.736. The average Bonchev–Trinajstić information content (AvgIpc) is 3.06. The van der Waals surface area contributed by atoms with E-state index in [1.807, 2.05) is 23.1 Å². The lowest BCUT2D eigenvalue weighted by Crippen LogP contribution is -2.30. The standard InChI is InChI=1S/C15H15NO2/c17-15-14-11(12-6-7-13(14)18-12)9-16(15)8-10-4-2-1-3-5-10/h1-7,11-14H,8-9H2/t11-,12-,13+,14-/m1/s1. The molecule has 0 spiro atoms. The average molecular weight is 241 g/mol. The Morgan fingerprint density at radius 1 is 1.17 bits per heavy atom. The summed E-state index contributed by atoms with van der Waals surface area (Å²) < 4.78 is 5.75. The molecule has 0 aliphatic carbocycles. The highest BCUT2D eigenvalue weighted by Gasteiger charge is 2.55. The minimum absolute atomic E-state index is 0.0354. The number of ether oxygens (including phenoxy) is 1. The number of amides is 1. The fourth-order valence-corrected chi connectivity index (χ4v) is 3.43. The minimum atomic E-state index is 0.0354. The molecule has 1 aromatic rings. The Balaban J connectivity index is 1.55. The van der Waals surface area contributed by atoms with E-state index >= 15 is 0 Å². The molecule has 18 heavy (non-hydrogen) atoms. The van der Waals surface area contributed by atoms with Crippen molar-refractivity contribution in [2.24, 2.45) is 11.8 Å². The second-order valence-corrected chi connectivity index (χ2v) is 5.34. The van der Waals surface area contributed by atoms with Crippen molar-refractivity contribution in [2.45, 2.75) is 18.8 Å². The third-order valence-corrected chi connectivity index (χ3v) is 4.29. The summed E-state index contributed by atoms with van der Waals surface area (Å²) >= 11 is 0. The third kappa shape index (κ3) is 1.37. The van der Waals surface area contributed by atoms with Crippen LogP contribution in [0.15, 0.2) is 42.5 Å². The summed E-state index contributed by atoms with van der Waals surface area (Å²) in [5, 5.41) is 0. The number of hydrogen-bond donors (Lipinski definition) is 0. The summed E-state index contributed by atoms with van der Waals surface area (Å²) in [7, 11) is 0. The number of nitrogens with zero attached hydrogens (tertiary/aromatic N) is 1. The normalized spacial score (nSPS) is 36.4. The number of benzene rings is 1. The van der Waals surface area contributed by atoms with E-state index in [9.17, 15) is 4.79 Å². The van der Waals surface area contributed by atoms with E-state index in [4.69, 9.17) is 4.74 Å². The van der Waals surface area contributed by atoms with Gasteiger partial charge in [0.1, 0.15) is 0 Å². The number of fused-ring (bicyclic) bond motifs is 5. The molecule has 0 unspecified atom stereocenters. The number of hydrogen-bond acceptors (Lipinski definition) is 2. The van der Waals surface area contributed by atoms with Crippen molar-refractivity contribution >= 4 is 5.91 Å². The van der Waals surface area contributed by atoms with Crippen LogP contribution < -0.4 is 0 Å². The molecule has 0 saturated carbocycles. The first-order valence-electron chi connectivity index (χ1n) is 6.49. The van der Waals surface area contributed by atoms with E-state index in [0.29, 0.717) is 5.92 Å². The molecular weight excluding hydrogens is 226 g/mol. The van der Waals surface area contributed by atoms with Crippen LogP contribution in [0.2, 0.25) is 0 Å². The van der Waals surface area contributed by atoms with E-state index in [-0.39, 0.29) is 24.0 Å². The van der Waals surface area contributed by atoms with E-state index in [1.165, 1.54) is 5.56 Å². The van der Waals surface area contributed by atoms with Gasteiger partial charge >= 0.3 is 0 Å². The second-order valence-electron chi connectivity index (χ2n) is 5.34. The van der Waals surface area contributed by atoms with E-state index < -0.39 is 0 Å². The number of carbonyl (C=O) groups is 1. The van der Waals surface area contributed by atoms with Gasteiger partial charge in [0.2, 0.25) is 5.91 Å². The maximum absolute atomic E-state index is 12.4. The maximum atomic E-state index is 12.4. The van der Waals surface area contributed by atoms with Gasteiger partial charge in [-0.2, -0.15) is 0 Å². The lowest BCUT2D eigenvalue weighted by molar-refractivity contribution is -0.133. The first-order chi connectivity index (χ1) is 8.83. The maximum Gasteiger partial charge on any atom is 0.229 e. The van der Waals surface area contributed by atoms with Crippen molar-refractivity contribution in [3.63, 3.8) is 0 Å². The Morgan fingerprint density at radius 3 is 2.72 bits per heavy atom. The van der Waals surface area contributed by atoms with Crippen molar-refractivity contribution < 1.29 is 9.53 Å². The molecule has 3 heterocycles. The van der Waals surface area contributed by atoms with Gasteiger partial charge in [0.15, 0.2) is 0 Å². The van der Waals surface area contributed by atoms with E-state index in [2.05, 4.69) is 24.3 Å². The number of likely N-dealkylation sites (tertiary alicyclic amines) is 1. The summed E-state index contributed by atoms with van der Waals surface area (Å²) in [6.45, 7) is 1.57. The van der Waals surface area contributed by atoms with Crippen LogP contribution in [-0.4, -0.2) is 29.6 Å².